The van der Waals surface area contributed by atoms with Gasteiger partial charge in [0.2, 0.25) is 0 Å². The zero-order valence-corrected chi connectivity index (χ0v) is 6.69. The molecule has 0 aliphatic carbocycles. The number of aryl methyl sites for hydroxylation is 1. The first-order valence-corrected chi connectivity index (χ1v) is 3.45. The molecule has 0 fully saturated rings. The lowest BCUT2D eigenvalue weighted by Gasteiger charge is -1.99. The summed E-state index contributed by atoms with van der Waals surface area (Å²) >= 11 is 0. The van der Waals surface area contributed by atoms with Gasteiger partial charge in [0.1, 0.15) is 12.2 Å². The number of carbonyl (C=O) groups is 1. The molecule has 1 rings (SSSR count). The second kappa shape index (κ2) is 3.82. The Hall–Kier alpha value is -1.43. The van der Waals surface area contributed by atoms with Crippen molar-refractivity contribution in [2.24, 2.45) is 7.05 Å². The van der Waals surface area contributed by atoms with Gasteiger partial charge in [-0.3, -0.25) is 14.8 Å². The lowest BCUT2D eigenvalue weighted by Crippen LogP contribution is -2.23. The number of hydrogen-bond acceptors (Lipinski definition) is 4. The van der Waals surface area contributed by atoms with Crippen LogP contribution in [0.25, 0.3) is 0 Å². The van der Waals surface area contributed by atoms with Crippen LogP contribution < -0.4 is 5.32 Å². The molecule has 1 aromatic rings. The Labute approximate surface area is 69.2 Å². The van der Waals surface area contributed by atoms with Gasteiger partial charge in [0.25, 0.3) is 0 Å². The topological polar surface area (TPSA) is 80.0 Å². The fourth-order valence-electron chi connectivity index (χ4n) is 0.761. The highest BCUT2D eigenvalue weighted by Gasteiger charge is 2.00. The Bertz CT molecular complexity index is 270. The van der Waals surface area contributed by atoms with Gasteiger partial charge in [-0.2, -0.15) is 5.10 Å². The smallest absolute Gasteiger partial charge is 0.317 e. The summed E-state index contributed by atoms with van der Waals surface area (Å²) in [5.41, 5.74) is 0. The Balaban J connectivity index is 2.33. The Morgan fingerprint density at radius 1 is 1.83 bits per heavy atom. The van der Waals surface area contributed by atoms with Crippen molar-refractivity contribution < 1.29 is 9.90 Å². The van der Waals surface area contributed by atoms with E-state index in [1.54, 1.807) is 11.7 Å². The van der Waals surface area contributed by atoms with Crippen molar-refractivity contribution in [3.05, 3.63) is 12.2 Å². The second-order valence-electron chi connectivity index (χ2n) is 2.30. The Morgan fingerprint density at radius 3 is 3.08 bits per heavy atom. The summed E-state index contributed by atoms with van der Waals surface area (Å²) in [5, 5.41) is 14.8. The molecule has 0 aromatic carbocycles. The van der Waals surface area contributed by atoms with E-state index in [-0.39, 0.29) is 6.54 Å². The van der Waals surface area contributed by atoms with Crippen molar-refractivity contribution in [2.75, 3.05) is 6.54 Å². The number of carboxylic acids is 1. The monoisotopic (exact) mass is 170 g/mol. The third kappa shape index (κ3) is 2.31. The molecule has 0 aliphatic heterocycles. The summed E-state index contributed by atoms with van der Waals surface area (Å²) in [6.45, 7) is 0.357. The molecule has 2 N–H and O–H groups in total. The largest absolute Gasteiger partial charge is 0.480 e. The summed E-state index contributed by atoms with van der Waals surface area (Å²) < 4.78 is 1.59. The van der Waals surface area contributed by atoms with E-state index in [9.17, 15) is 4.79 Å². The number of nitrogens with zero attached hydrogens (tertiary/aromatic N) is 3. The molecular formula is C6H10N4O2. The van der Waals surface area contributed by atoms with Crippen LogP contribution in [-0.2, 0) is 18.4 Å². The molecule has 0 aliphatic rings. The molecule has 0 unspecified atom stereocenters. The number of carboxylic acid groups (broad SMARTS) is 1. The minimum absolute atomic E-state index is 0.0626. The fourth-order valence-corrected chi connectivity index (χ4v) is 0.761. The average molecular weight is 170 g/mol. The van der Waals surface area contributed by atoms with Gasteiger partial charge in [-0.1, -0.05) is 0 Å². The van der Waals surface area contributed by atoms with Crippen molar-refractivity contribution in [2.45, 2.75) is 6.54 Å². The highest BCUT2D eigenvalue weighted by Crippen LogP contribution is 1.87. The van der Waals surface area contributed by atoms with Crippen LogP contribution in [0.4, 0.5) is 0 Å². The maximum Gasteiger partial charge on any atom is 0.317 e. The molecule has 0 amide bonds. The van der Waals surface area contributed by atoms with Crippen LogP contribution in [0.2, 0.25) is 0 Å². The van der Waals surface area contributed by atoms with E-state index in [4.69, 9.17) is 5.11 Å². The minimum Gasteiger partial charge on any atom is -0.480 e. The minimum atomic E-state index is -0.878. The number of aliphatic carboxylic acids is 1. The van der Waals surface area contributed by atoms with Crippen LogP contribution in [0.3, 0.4) is 0 Å². The van der Waals surface area contributed by atoms with Gasteiger partial charge in [-0.15, -0.1) is 0 Å². The predicted octanol–water partition coefficient (Wildman–Crippen LogP) is -1.01. The van der Waals surface area contributed by atoms with E-state index < -0.39 is 5.97 Å². The van der Waals surface area contributed by atoms with Crippen molar-refractivity contribution in [1.82, 2.24) is 20.1 Å². The summed E-state index contributed by atoms with van der Waals surface area (Å²) in [4.78, 5) is 14.0. The molecule has 0 bridgehead atoms. The van der Waals surface area contributed by atoms with Crippen LogP contribution in [0.5, 0.6) is 0 Å². The number of hydrogen-bond donors (Lipinski definition) is 2. The van der Waals surface area contributed by atoms with Gasteiger partial charge in [0.15, 0.2) is 0 Å². The normalized spacial score (nSPS) is 10.1. The lowest BCUT2D eigenvalue weighted by atomic mass is 10.5. The maximum absolute atomic E-state index is 10.1. The molecule has 0 atom stereocenters. The highest BCUT2D eigenvalue weighted by atomic mass is 16.4. The van der Waals surface area contributed by atoms with E-state index in [2.05, 4.69) is 15.4 Å². The molecule has 66 valence electrons. The van der Waals surface area contributed by atoms with Gasteiger partial charge in [0, 0.05) is 7.05 Å². The summed E-state index contributed by atoms with van der Waals surface area (Å²) in [5.74, 6) is -0.159. The predicted molar refractivity (Wildman–Crippen MR) is 40.3 cm³/mol. The summed E-state index contributed by atoms with van der Waals surface area (Å²) in [6, 6.07) is 0. The van der Waals surface area contributed by atoms with E-state index >= 15 is 0 Å². The lowest BCUT2D eigenvalue weighted by molar-refractivity contribution is -0.136. The van der Waals surface area contributed by atoms with E-state index in [0.29, 0.717) is 6.54 Å². The van der Waals surface area contributed by atoms with Crippen LogP contribution in [-0.4, -0.2) is 32.4 Å². The van der Waals surface area contributed by atoms with Gasteiger partial charge in [-0.25, -0.2) is 4.98 Å². The van der Waals surface area contributed by atoms with Crippen LogP contribution in [0.15, 0.2) is 6.33 Å². The van der Waals surface area contributed by atoms with Crippen LogP contribution in [0, 0.1) is 0 Å². The maximum atomic E-state index is 10.1. The third-order valence-corrected chi connectivity index (χ3v) is 1.36. The average Bonchev–Trinajstić information content (AvgIpc) is 2.36. The number of aromatic nitrogens is 3. The van der Waals surface area contributed by atoms with Gasteiger partial charge in [0.05, 0.1) is 13.1 Å². The second-order valence-corrected chi connectivity index (χ2v) is 2.30. The highest BCUT2D eigenvalue weighted by molar-refractivity contribution is 5.68. The van der Waals surface area contributed by atoms with Gasteiger partial charge in [-0.05, 0) is 0 Å². The van der Waals surface area contributed by atoms with Crippen molar-refractivity contribution in [3.63, 3.8) is 0 Å². The Kier molecular flexibility index (Phi) is 2.76. The van der Waals surface area contributed by atoms with Crippen molar-refractivity contribution >= 4 is 5.97 Å². The molecule has 1 aromatic heterocycles. The molecule has 12 heavy (non-hydrogen) atoms. The first-order chi connectivity index (χ1) is 5.70. The molecule has 0 radical (unpaired) electrons. The molecule has 1 heterocycles. The zero-order valence-electron chi connectivity index (χ0n) is 6.69. The number of nitrogens with one attached hydrogen (secondary N) is 1. The molecule has 6 nitrogen and oxygen atoms in total. The summed E-state index contributed by atoms with van der Waals surface area (Å²) in [6.07, 6.45) is 1.43. The van der Waals surface area contributed by atoms with Crippen LogP contribution >= 0.6 is 0 Å². The standard InChI is InChI=1S/C6H10N4O2/c1-10-5(8-4-9-10)2-7-3-6(11)12/h4,7H,2-3H2,1H3,(H,11,12). The SMILES string of the molecule is Cn1ncnc1CNCC(=O)O. The van der Waals surface area contributed by atoms with Crippen molar-refractivity contribution in [3.8, 4) is 0 Å². The fraction of sp³-hybridized carbons (Fsp3) is 0.500. The zero-order chi connectivity index (χ0) is 8.97. The number of rotatable bonds is 4. The van der Waals surface area contributed by atoms with E-state index in [0.717, 1.165) is 5.82 Å². The van der Waals surface area contributed by atoms with Crippen LogP contribution in [0.1, 0.15) is 5.82 Å². The van der Waals surface area contributed by atoms with E-state index in [1.165, 1.54) is 6.33 Å². The molecular weight excluding hydrogens is 160 g/mol. The van der Waals surface area contributed by atoms with Gasteiger partial charge < -0.3 is 5.11 Å². The van der Waals surface area contributed by atoms with Crippen molar-refractivity contribution in [1.29, 1.82) is 0 Å². The first kappa shape index (κ1) is 8.66. The third-order valence-electron chi connectivity index (χ3n) is 1.36. The first-order valence-electron chi connectivity index (χ1n) is 3.45. The molecule has 6 heteroatoms. The molecule has 0 saturated carbocycles. The summed E-state index contributed by atoms with van der Waals surface area (Å²) in [7, 11) is 1.75. The van der Waals surface area contributed by atoms with Gasteiger partial charge >= 0.3 is 5.97 Å². The molecule has 0 saturated heterocycles. The molecule has 0 spiro atoms. The Morgan fingerprint density at radius 2 is 2.58 bits per heavy atom. The van der Waals surface area contributed by atoms with E-state index in [1.807, 2.05) is 0 Å². The quantitative estimate of drug-likeness (QED) is 0.605.